The van der Waals surface area contributed by atoms with Gasteiger partial charge in [0.1, 0.15) is 0 Å². The van der Waals surface area contributed by atoms with E-state index in [-0.39, 0.29) is 5.91 Å². The van der Waals surface area contributed by atoms with Crippen molar-refractivity contribution in [2.75, 3.05) is 31.1 Å². The lowest BCUT2D eigenvalue weighted by Gasteiger charge is -2.24. The molecule has 0 fully saturated rings. The highest BCUT2D eigenvalue weighted by Crippen LogP contribution is 2.29. The SMILES string of the molecule is CCN(CC)CCN(C(=O)c1ccc(Cc2ccccc2)cc1)c1nc2ccccc2s1. The van der Waals surface area contributed by atoms with Gasteiger partial charge in [-0.05, 0) is 54.9 Å². The van der Waals surface area contributed by atoms with E-state index >= 15 is 0 Å². The van der Waals surface area contributed by atoms with E-state index in [1.165, 1.54) is 11.1 Å². The molecule has 0 radical (unpaired) electrons. The summed E-state index contributed by atoms with van der Waals surface area (Å²) in [6.45, 7) is 7.67. The van der Waals surface area contributed by atoms with E-state index < -0.39 is 0 Å². The molecule has 0 N–H and O–H groups in total. The minimum Gasteiger partial charge on any atom is -0.302 e. The van der Waals surface area contributed by atoms with E-state index in [9.17, 15) is 4.79 Å². The number of rotatable bonds is 9. The van der Waals surface area contributed by atoms with Gasteiger partial charge < -0.3 is 4.90 Å². The molecular formula is C27H29N3OS. The Morgan fingerprint density at radius 3 is 2.16 bits per heavy atom. The molecule has 4 aromatic rings. The van der Waals surface area contributed by atoms with Crippen molar-refractivity contribution in [2.45, 2.75) is 20.3 Å². The van der Waals surface area contributed by atoms with E-state index in [1.54, 1.807) is 11.3 Å². The zero-order valence-electron chi connectivity index (χ0n) is 18.7. The number of hydrogen-bond acceptors (Lipinski definition) is 4. The Hall–Kier alpha value is -3.02. The van der Waals surface area contributed by atoms with Crippen LogP contribution in [0.15, 0.2) is 78.9 Å². The van der Waals surface area contributed by atoms with Crippen molar-refractivity contribution in [3.05, 3.63) is 95.6 Å². The third-order valence-electron chi connectivity index (χ3n) is 5.74. The smallest absolute Gasteiger partial charge is 0.260 e. The Balaban J connectivity index is 1.57. The number of para-hydroxylation sites is 1. The minimum atomic E-state index is 0.00229. The van der Waals surface area contributed by atoms with E-state index in [0.717, 1.165) is 41.4 Å². The van der Waals surface area contributed by atoms with Crippen LogP contribution < -0.4 is 4.90 Å². The number of amides is 1. The Labute approximate surface area is 194 Å². The third kappa shape index (κ3) is 5.23. The largest absolute Gasteiger partial charge is 0.302 e. The Kier molecular flexibility index (Phi) is 7.30. The molecule has 32 heavy (non-hydrogen) atoms. The first-order chi connectivity index (χ1) is 15.7. The standard InChI is InChI=1S/C27H29N3OS/c1-3-29(4-2)18-19-30(27-28-24-12-8-9-13-25(24)32-27)26(31)23-16-14-22(15-17-23)20-21-10-6-5-7-11-21/h5-17H,3-4,18-20H2,1-2H3. The molecule has 4 rings (SSSR count). The van der Waals surface area contributed by atoms with Gasteiger partial charge in [0.25, 0.3) is 5.91 Å². The summed E-state index contributed by atoms with van der Waals surface area (Å²) < 4.78 is 1.10. The van der Waals surface area contributed by atoms with Crippen LogP contribution in [-0.4, -0.2) is 42.0 Å². The van der Waals surface area contributed by atoms with Gasteiger partial charge in [0.15, 0.2) is 5.13 Å². The second-order valence-corrected chi connectivity index (χ2v) is 8.82. The van der Waals surface area contributed by atoms with Crippen LogP contribution in [0, 0.1) is 0 Å². The molecule has 0 spiro atoms. The summed E-state index contributed by atoms with van der Waals surface area (Å²) in [5.41, 5.74) is 4.09. The summed E-state index contributed by atoms with van der Waals surface area (Å²) >= 11 is 1.58. The molecule has 0 aliphatic carbocycles. The Morgan fingerprint density at radius 1 is 0.812 bits per heavy atom. The lowest BCUT2D eigenvalue weighted by atomic mass is 10.0. The summed E-state index contributed by atoms with van der Waals surface area (Å²) in [4.78, 5) is 22.5. The van der Waals surface area contributed by atoms with Crippen LogP contribution in [0.1, 0.15) is 35.3 Å². The molecule has 164 valence electrons. The number of thiazole rings is 1. The molecule has 1 aromatic heterocycles. The van der Waals surface area contributed by atoms with Gasteiger partial charge in [0.2, 0.25) is 0 Å². The molecule has 0 atom stereocenters. The van der Waals surface area contributed by atoms with Crippen LogP contribution in [0.25, 0.3) is 10.2 Å². The number of aromatic nitrogens is 1. The lowest BCUT2D eigenvalue weighted by molar-refractivity contribution is 0.0984. The number of carbonyl (C=O) groups excluding carboxylic acids is 1. The molecular weight excluding hydrogens is 414 g/mol. The number of anilines is 1. The molecule has 1 amide bonds. The van der Waals surface area contributed by atoms with Gasteiger partial charge in [0, 0.05) is 18.7 Å². The van der Waals surface area contributed by atoms with Crippen molar-refractivity contribution in [1.82, 2.24) is 9.88 Å². The highest BCUT2D eigenvalue weighted by molar-refractivity contribution is 7.22. The fraction of sp³-hybridized carbons (Fsp3) is 0.259. The van der Waals surface area contributed by atoms with Gasteiger partial charge in [-0.3, -0.25) is 9.69 Å². The minimum absolute atomic E-state index is 0.00229. The lowest BCUT2D eigenvalue weighted by Crippen LogP contribution is -2.38. The van der Waals surface area contributed by atoms with Crippen molar-refractivity contribution < 1.29 is 4.79 Å². The maximum Gasteiger partial charge on any atom is 0.260 e. The van der Waals surface area contributed by atoms with Crippen molar-refractivity contribution in [3.63, 3.8) is 0 Å². The van der Waals surface area contributed by atoms with Crippen LogP contribution in [0.3, 0.4) is 0 Å². The number of carbonyl (C=O) groups is 1. The van der Waals surface area contributed by atoms with Gasteiger partial charge >= 0.3 is 0 Å². The summed E-state index contributed by atoms with van der Waals surface area (Å²) in [5, 5.41) is 0.761. The average molecular weight is 444 g/mol. The van der Waals surface area contributed by atoms with Gasteiger partial charge in [-0.25, -0.2) is 4.98 Å². The number of hydrogen-bond donors (Lipinski definition) is 0. The predicted molar refractivity (Wildman–Crippen MR) is 135 cm³/mol. The molecule has 0 aliphatic rings. The molecule has 3 aromatic carbocycles. The maximum absolute atomic E-state index is 13.6. The first-order valence-corrected chi connectivity index (χ1v) is 12.0. The topological polar surface area (TPSA) is 36.4 Å². The second kappa shape index (κ2) is 10.5. The van der Waals surface area contributed by atoms with Gasteiger partial charge in [-0.15, -0.1) is 0 Å². The molecule has 0 saturated heterocycles. The number of likely N-dealkylation sites (N-methyl/N-ethyl adjacent to an activating group) is 1. The molecule has 0 aliphatic heterocycles. The molecule has 0 bridgehead atoms. The fourth-order valence-electron chi connectivity index (χ4n) is 3.79. The fourth-order valence-corrected chi connectivity index (χ4v) is 4.78. The van der Waals surface area contributed by atoms with Crippen molar-refractivity contribution in [2.24, 2.45) is 0 Å². The molecule has 0 saturated carbocycles. The van der Waals surface area contributed by atoms with Gasteiger partial charge in [0.05, 0.1) is 10.2 Å². The van der Waals surface area contributed by atoms with Gasteiger partial charge in [-0.2, -0.15) is 0 Å². The van der Waals surface area contributed by atoms with Crippen molar-refractivity contribution in [3.8, 4) is 0 Å². The van der Waals surface area contributed by atoms with Crippen LogP contribution in [-0.2, 0) is 6.42 Å². The van der Waals surface area contributed by atoms with E-state index in [2.05, 4.69) is 61.2 Å². The van der Waals surface area contributed by atoms with Crippen LogP contribution in [0.5, 0.6) is 0 Å². The highest BCUT2D eigenvalue weighted by Gasteiger charge is 2.22. The van der Waals surface area contributed by atoms with E-state index in [1.807, 2.05) is 41.3 Å². The highest BCUT2D eigenvalue weighted by atomic mass is 32.1. The van der Waals surface area contributed by atoms with Crippen LogP contribution >= 0.6 is 11.3 Å². The number of benzene rings is 3. The maximum atomic E-state index is 13.6. The summed E-state index contributed by atoms with van der Waals surface area (Å²) in [5.74, 6) is 0.00229. The van der Waals surface area contributed by atoms with Gasteiger partial charge in [-0.1, -0.05) is 79.8 Å². The van der Waals surface area contributed by atoms with Crippen molar-refractivity contribution >= 4 is 32.6 Å². The molecule has 0 unspecified atom stereocenters. The molecule has 5 heteroatoms. The monoisotopic (exact) mass is 443 g/mol. The number of nitrogens with zero attached hydrogens (tertiary/aromatic N) is 3. The summed E-state index contributed by atoms with van der Waals surface area (Å²) in [6, 6.07) is 26.4. The zero-order valence-corrected chi connectivity index (χ0v) is 19.5. The molecule has 1 heterocycles. The third-order valence-corrected chi connectivity index (χ3v) is 6.80. The first-order valence-electron chi connectivity index (χ1n) is 11.2. The first kappa shape index (κ1) is 22.2. The van der Waals surface area contributed by atoms with E-state index in [4.69, 9.17) is 4.98 Å². The summed E-state index contributed by atoms with van der Waals surface area (Å²) in [6.07, 6.45) is 0.860. The van der Waals surface area contributed by atoms with E-state index in [0.29, 0.717) is 12.1 Å². The molecule has 4 nitrogen and oxygen atoms in total. The predicted octanol–water partition coefficient (Wildman–Crippen LogP) is 5.88. The normalized spacial score (nSPS) is 11.2. The Bertz CT molecular complexity index is 1120. The van der Waals surface area contributed by atoms with Crippen molar-refractivity contribution in [1.29, 1.82) is 0 Å². The van der Waals surface area contributed by atoms with Crippen LogP contribution in [0.4, 0.5) is 5.13 Å². The Morgan fingerprint density at radius 2 is 1.47 bits per heavy atom. The average Bonchev–Trinajstić information content (AvgIpc) is 3.26. The quantitative estimate of drug-likeness (QED) is 0.324. The van der Waals surface area contributed by atoms with Crippen LogP contribution in [0.2, 0.25) is 0 Å². The summed E-state index contributed by atoms with van der Waals surface area (Å²) in [7, 11) is 0. The zero-order chi connectivity index (χ0) is 22.3. The second-order valence-electron chi connectivity index (χ2n) is 7.81. The number of fused-ring (bicyclic) bond motifs is 1.